The zero-order valence-electron chi connectivity index (χ0n) is 16.1. The maximum Gasteiger partial charge on any atom is 0.259 e. The number of aromatic nitrogens is 2. The van der Waals surface area contributed by atoms with Crippen LogP contribution >= 0.6 is 0 Å². The second kappa shape index (κ2) is 9.00. The van der Waals surface area contributed by atoms with E-state index in [0.29, 0.717) is 34.3 Å². The fraction of sp³-hybridized carbons (Fsp3) is 0. The average Bonchev–Trinajstić information content (AvgIpc) is 2.78. The molecular formula is C23H17F2N5O. The highest BCUT2D eigenvalue weighted by Crippen LogP contribution is 2.25. The second-order valence-corrected chi connectivity index (χ2v) is 6.52. The summed E-state index contributed by atoms with van der Waals surface area (Å²) in [6.07, 6.45) is 3.13. The summed E-state index contributed by atoms with van der Waals surface area (Å²) in [5.41, 5.74) is 1.95. The van der Waals surface area contributed by atoms with Gasteiger partial charge in [-0.15, -0.1) is 0 Å². The molecule has 0 radical (unpaired) electrons. The summed E-state index contributed by atoms with van der Waals surface area (Å²) in [6, 6.07) is 18.2. The van der Waals surface area contributed by atoms with E-state index in [1.54, 1.807) is 60.9 Å². The van der Waals surface area contributed by atoms with E-state index in [-0.39, 0.29) is 11.6 Å². The normalized spacial score (nSPS) is 10.4. The minimum atomic E-state index is -0.409. The first kappa shape index (κ1) is 20.0. The molecular weight excluding hydrogens is 400 g/mol. The zero-order valence-corrected chi connectivity index (χ0v) is 16.1. The van der Waals surface area contributed by atoms with Gasteiger partial charge in [-0.1, -0.05) is 0 Å². The largest absolute Gasteiger partial charge is 0.340 e. The van der Waals surface area contributed by atoms with Crippen LogP contribution in [0.1, 0.15) is 10.4 Å². The molecule has 4 rings (SSSR count). The molecule has 2 aromatic carbocycles. The summed E-state index contributed by atoms with van der Waals surface area (Å²) in [5.74, 6) is -0.393. The van der Waals surface area contributed by atoms with Crippen LogP contribution in [0.25, 0.3) is 0 Å². The van der Waals surface area contributed by atoms with E-state index < -0.39 is 5.91 Å². The molecule has 31 heavy (non-hydrogen) atoms. The number of hydrogen-bond donors (Lipinski definition) is 3. The number of nitrogens with zero attached hydrogens (tertiary/aromatic N) is 2. The van der Waals surface area contributed by atoms with Crippen molar-refractivity contribution in [2.45, 2.75) is 0 Å². The predicted molar refractivity (Wildman–Crippen MR) is 116 cm³/mol. The Morgan fingerprint density at radius 1 is 0.677 bits per heavy atom. The lowest BCUT2D eigenvalue weighted by Gasteiger charge is -2.14. The molecule has 0 saturated carbocycles. The van der Waals surface area contributed by atoms with E-state index >= 15 is 0 Å². The van der Waals surface area contributed by atoms with Crippen molar-refractivity contribution < 1.29 is 13.6 Å². The monoisotopic (exact) mass is 417 g/mol. The maximum atomic E-state index is 13.2. The minimum Gasteiger partial charge on any atom is -0.340 e. The van der Waals surface area contributed by atoms with E-state index in [0.717, 1.165) is 0 Å². The van der Waals surface area contributed by atoms with Crippen LogP contribution in [0.3, 0.4) is 0 Å². The lowest BCUT2D eigenvalue weighted by molar-refractivity contribution is 0.102. The fourth-order valence-electron chi connectivity index (χ4n) is 2.82. The van der Waals surface area contributed by atoms with E-state index in [1.807, 2.05) is 0 Å². The minimum absolute atomic E-state index is 0.295. The van der Waals surface area contributed by atoms with Gasteiger partial charge in [0.1, 0.15) is 17.5 Å². The standard InChI is InChI=1S/C23H17F2N5O/c24-15-5-9-17(10-6-15)28-21-19(3-1-13-26-21)23(31)30-20-4-2-14-27-22(20)29-18-11-7-16(25)8-12-18/h1-14H,(H,26,28)(H,27,29)(H,30,31). The first-order valence-electron chi connectivity index (χ1n) is 9.35. The van der Waals surface area contributed by atoms with Crippen LogP contribution in [0.15, 0.2) is 85.2 Å². The molecule has 0 fully saturated rings. The quantitative estimate of drug-likeness (QED) is 0.386. The van der Waals surface area contributed by atoms with Crippen LogP contribution in [0.4, 0.5) is 37.5 Å². The molecule has 2 aromatic heterocycles. The highest BCUT2D eigenvalue weighted by atomic mass is 19.1. The molecule has 2 heterocycles. The Hall–Kier alpha value is -4.33. The third-order valence-corrected chi connectivity index (χ3v) is 4.32. The lowest BCUT2D eigenvalue weighted by atomic mass is 10.2. The first-order valence-corrected chi connectivity index (χ1v) is 9.35. The van der Waals surface area contributed by atoms with Crippen molar-refractivity contribution in [2.75, 3.05) is 16.0 Å². The van der Waals surface area contributed by atoms with Gasteiger partial charge in [-0.3, -0.25) is 4.79 Å². The Labute approximate surface area is 177 Å². The predicted octanol–water partition coefficient (Wildman–Crippen LogP) is 5.49. The van der Waals surface area contributed by atoms with Gasteiger partial charge in [0.2, 0.25) is 0 Å². The van der Waals surface area contributed by atoms with Crippen LogP contribution in [0, 0.1) is 11.6 Å². The fourth-order valence-corrected chi connectivity index (χ4v) is 2.82. The maximum absolute atomic E-state index is 13.2. The molecule has 4 aromatic rings. The number of carbonyl (C=O) groups is 1. The third kappa shape index (κ3) is 4.99. The van der Waals surface area contributed by atoms with Crippen LogP contribution in [-0.2, 0) is 0 Å². The molecule has 0 bridgehead atoms. The molecule has 3 N–H and O–H groups in total. The molecule has 0 aliphatic rings. The van der Waals surface area contributed by atoms with Crippen LogP contribution < -0.4 is 16.0 Å². The smallest absolute Gasteiger partial charge is 0.259 e. The van der Waals surface area contributed by atoms with Gasteiger partial charge in [0.25, 0.3) is 5.91 Å². The third-order valence-electron chi connectivity index (χ3n) is 4.32. The number of rotatable bonds is 6. The number of nitrogens with one attached hydrogen (secondary N) is 3. The van der Waals surface area contributed by atoms with Crippen molar-refractivity contribution in [1.82, 2.24) is 9.97 Å². The van der Waals surface area contributed by atoms with Gasteiger partial charge in [0.05, 0.1) is 11.3 Å². The van der Waals surface area contributed by atoms with Gasteiger partial charge in [-0.25, -0.2) is 18.7 Å². The van der Waals surface area contributed by atoms with E-state index in [4.69, 9.17) is 0 Å². The van der Waals surface area contributed by atoms with Crippen molar-refractivity contribution in [3.8, 4) is 0 Å². The molecule has 0 spiro atoms. The van der Waals surface area contributed by atoms with E-state index in [1.165, 1.54) is 24.3 Å². The highest BCUT2D eigenvalue weighted by Gasteiger charge is 2.15. The van der Waals surface area contributed by atoms with Crippen LogP contribution in [0.5, 0.6) is 0 Å². The summed E-state index contributed by atoms with van der Waals surface area (Å²) < 4.78 is 26.3. The number of pyridine rings is 2. The topological polar surface area (TPSA) is 78.9 Å². The average molecular weight is 417 g/mol. The molecule has 0 unspecified atom stereocenters. The molecule has 1 amide bonds. The summed E-state index contributed by atoms with van der Waals surface area (Å²) in [4.78, 5) is 21.5. The number of halogens is 2. The Bertz CT molecular complexity index is 1200. The summed E-state index contributed by atoms with van der Waals surface area (Å²) in [5, 5.41) is 8.89. The van der Waals surface area contributed by atoms with Gasteiger partial charge in [0, 0.05) is 23.8 Å². The van der Waals surface area contributed by atoms with E-state index in [9.17, 15) is 13.6 Å². The van der Waals surface area contributed by atoms with Gasteiger partial charge >= 0.3 is 0 Å². The van der Waals surface area contributed by atoms with Gasteiger partial charge < -0.3 is 16.0 Å². The number of amides is 1. The van der Waals surface area contributed by atoms with Crippen LogP contribution in [0.2, 0.25) is 0 Å². The molecule has 6 nitrogen and oxygen atoms in total. The lowest BCUT2D eigenvalue weighted by Crippen LogP contribution is -2.16. The second-order valence-electron chi connectivity index (χ2n) is 6.52. The van der Waals surface area contributed by atoms with Gasteiger partial charge in [0.15, 0.2) is 5.82 Å². The molecule has 154 valence electrons. The van der Waals surface area contributed by atoms with Gasteiger partial charge in [-0.2, -0.15) is 0 Å². The molecule has 0 aliphatic heterocycles. The Morgan fingerprint density at radius 3 is 1.81 bits per heavy atom. The summed E-state index contributed by atoms with van der Waals surface area (Å²) in [6.45, 7) is 0. The van der Waals surface area contributed by atoms with Crippen molar-refractivity contribution in [2.24, 2.45) is 0 Å². The van der Waals surface area contributed by atoms with Crippen molar-refractivity contribution in [3.05, 3.63) is 102 Å². The molecule has 0 atom stereocenters. The Balaban J connectivity index is 1.55. The van der Waals surface area contributed by atoms with Crippen molar-refractivity contribution >= 4 is 34.6 Å². The van der Waals surface area contributed by atoms with Gasteiger partial charge in [-0.05, 0) is 72.8 Å². The van der Waals surface area contributed by atoms with E-state index in [2.05, 4.69) is 25.9 Å². The van der Waals surface area contributed by atoms with Crippen molar-refractivity contribution in [1.29, 1.82) is 0 Å². The molecule has 0 saturated heterocycles. The SMILES string of the molecule is O=C(Nc1cccnc1Nc1ccc(F)cc1)c1cccnc1Nc1ccc(F)cc1. The highest BCUT2D eigenvalue weighted by molar-refractivity contribution is 6.09. The summed E-state index contributed by atoms with van der Waals surface area (Å²) in [7, 11) is 0. The first-order chi connectivity index (χ1) is 15.1. The Kier molecular flexibility index (Phi) is 5.79. The molecule has 8 heteroatoms. The van der Waals surface area contributed by atoms with Crippen LogP contribution in [-0.4, -0.2) is 15.9 Å². The number of benzene rings is 2. The van der Waals surface area contributed by atoms with Crippen molar-refractivity contribution in [3.63, 3.8) is 0 Å². The number of hydrogen-bond acceptors (Lipinski definition) is 5. The Morgan fingerprint density at radius 2 is 1.19 bits per heavy atom. The zero-order chi connectivity index (χ0) is 21.6. The summed E-state index contributed by atoms with van der Waals surface area (Å²) >= 11 is 0. The molecule has 0 aliphatic carbocycles. The number of anilines is 5. The number of carbonyl (C=O) groups excluding carboxylic acids is 1.